The number of aromatic nitrogens is 4. The molecular formula is C20H17N5O2. The second kappa shape index (κ2) is 7.25. The smallest absolute Gasteiger partial charge is 0.252 e. The van der Waals surface area contributed by atoms with E-state index < -0.39 is 0 Å². The quantitative estimate of drug-likeness (QED) is 0.570. The Bertz CT molecular complexity index is 1150. The number of nitrogens with zero attached hydrogens (tertiary/aromatic N) is 3. The maximum absolute atomic E-state index is 12.3. The van der Waals surface area contributed by atoms with E-state index in [-0.39, 0.29) is 24.4 Å². The van der Waals surface area contributed by atoms with Crippen LogP contribution in [0.15, 0.2) is 71.8 Å². The molecule has 0 aliphatic heterocycles. The summed E-state index contributed by atoms with van der Waals surface area (Å²) in [5, 5.41) is 11.7. The summed E-state index contributed by atoms with van der Waals surface area (Å²) >= 11 is 0. The van der Waals surface area contributed by atoms with Gasteiger partial charge in [-0.3, -0.25) is 14.2 Å². The molecular weight excluding hydrogens is 342 g/mol. The highest BCUT2D eigenvalue weighted by Gasteiger charge is 2.11. The Morgan fingerprint density at radius 3 is 2.70 bits per heavy atom. The fourth-order valence-corrected chi connectivity index (χ4v) is 2.92. The van der Waals surface area contributed by atoms with Gasteiger partial charge in [-0.05, 0) is 29.7 Å². The van der Waals surface area contributed by atoms with Gasteiger partial charge >= 0.3 is 0 Å². The van der Waals surface area contributed by atoms with E-state index in [1.54, 1.807) is 12.4 Å². The first-order valence-corrected chi connectivity index (χ1v) is 8.53. The molecule has 2 heterocycles. The number of nitrogens with one attached hydrogen (secondary N) is 2. The molecule has 4 aromatic rings. The van der Waals surface area contributed by atoms with Crippen molar-refractivity contribution >= 4 is 16.8 Å². The molecule has 0 atom stereocenters. The Balaban J connectivity index is 1.46. The van der Waals surface area contributed by atoms with Crippen molar-refractivity contribution in [3.63, 3.8) is 0 Å². The largest absolute Gasteiger partial charge is 0.348 e. The number of fused-ring (bicyclic) bond motifs is 1. The number of carbonyl (C=O) groups excluding carboxylic acids is 1. The van der Waals surface area contributed by atoms with Crippen LogP contribution in [0.1, 0.15) is 11.4 Å². The molecule has 0 aliphatic rings. The van der Waals surface area contributed by atoms with Crippen molar-refractivity contribution in [3.05, 3.63) is 88.7 Å². The van der Waals surface area contributed by atoms with Crippen molar-refractivity contribution in [2.45, 2.75) is 13.0 Å². The number of aromatic amines is 1. The highest BCUT2D eigenvalue weighted by Crippen LogP contribution is 2.11. The number of benzene rings is 2. The van der Waals surface area contributed by atoms with E-state index in [2.05, 4.69) is 20.5 Å². The molecule has 0 aliphatic carbocycles. The fourth-order valence-electron chi connectivity index (χ4n) is 2.92. The maximum atomic E-state index is 12.3. The molecule has 27 heavy (non-hydrogen) atoms. The van der Waals surface area contributed by atoms with E-state index in [9.17, 15) is 9.59 Å². The molecule has 0 unspecified atom stereocenters. The predicted octanol–water partition coefficient (Wildman–Crippen LogP) is 1.97. The van der Waals surface area contributed by atoms with E-state index in [4.69, 9.17) is 0 Å². The van der Waals surface area contributed by atoms with Gasteiger partial charge in [0.05, 0.1) is 13.0 Å². The summed E-state index contributed by atoms with van der Waals surface area (Å²) in [5.41, 5.74) is 1.84. The van der Waals surface area contributed by atoms with Crippen LogP contribution in [0.2, 0.25) is 0 Å². The number of amides is 1. The Morgan fingerprint density at radius 2 is 1.85 bits per heavy atom. The summed E-state index contributed by atoms with van der Waals surface area (Å²) < 4.78 is 1.81. The summed E-state index contributed by atoms with van der Waals surface area (Å²) in [6.07, 6.45) is 1.60. The van der Waals surface area contributed by atoms with E-state index in [0.29, 0.717) is 11.4 Å². The van der Waals surface area contributed by atoms with Gasteiger partial charge in [-0.25, -0.2) is 0 Å². The molecule has 0 fully saturated rings. The third kappa shape index (κ3) is 3.62. The molecule has 2 aromatic heterocycles. The van der Waals surface area contributed by atoms with Gasteiger partial charge in [-0.1, -0.05) is 36.4 Å². The monoisotopic (exact) mass is 359 g/mol. The number of hydrogen-bond donors (Lipinski definition) is 2. The van der Waals surface area contributed by atoms with Gasteiger partial charge in [-0.15, -0.1) is 10.2 Å². The molecule has 4 rings (SSSR count). The highest BCUT2D eigenvalue weighted by atomic mass is 16.2. The average molecular weight is 359 g/mol. The van der Waals surface area contributed by atoms with Gasteiger partial charge in [0.1, 0.15) is 6.33 Å². The summed E-state index contributed by atoms with van der Waals surface area (Å²) in [6, 6.07) is 18.9. The zero-order valence-electron chi connectivity index (χ0n) is 14.4. The van der Waals surface area contributed by atoms with E-state index in [1.165, 1.54) is 0 Å². The van der Waals surface area contributed by atoms with Gasteiger partial charge in [0, 0.05) is 16.8 Å². The van der Waals surface area contributed by atoms with Gasteiger partial charge < -0.3 is 10.3 Å². The Hall–Kier alpha value is -3.74. The van der Waals surface area contributed by atoms with Gasteiger partial charge in [-0.2, -0.15) is 0 Å². The lowest BCUT2D eigenvalue weighted by atomic mass is 10.1. The molecule has 7 heteroatoms. The topological polar surface area (TPSA) is 92.7 Å². The standard InChI is InChI=1S/C20H17N5O2/c26-19(11-15-10-14-6-4-5-9-17(14)23-20(15)27)21-12-18-24-22-13-25(18)16-7-2-1-3-8-16/h1-10,13H,11-12H2,(H,21,26)(H,23,27). The lowest BCUT2D eigenvalue weighted by molar-refractivity contribution is -0.120. The Labute approximate surface area is 154 Å². The van der Waals surface area contributed by atoms with Crippen molar-refractivity contribution in [1.82, 2.24) is 25.1 Å². The molecule has 0 saturated heterocycles. The first kappa shape index (κ1) is 16.7. The molecule has 0 spiro atoms. The van der Waals surface area contributed by atoms with Crippen molar-refractivity contribution in [1.29, 1.82) is 0 Å². The van der Waals surface area contributed by atoms with Crippen molar-refractivity contribution < 1.29 is 4.79 Å². The minimum Gasteiger partial charge on any atom is -0.348 e. The van der Waals surface area contributed by atoms with E-state index >= 15 is 0 Å². The fraction of sp³-hybridized carbons (Fsp3) is 0.100. The van der Waals surface area contributed by atoms with Crippen molar-refractivity contribution in [3.8, 4) is 5.69 Å². The summed E-state index contributed by atoms with van der Waals surface area (Å²) in [4.78, 5) is 27.3. The lowest BCUT2D eigenvalue weighted by Crippen LogP contribution is -2.28. The van der Waals surface area contributed by atoms with E-state index in [0.717, 1.165) is 16.6 Å². The van der Waals surface area contributed by atoms with Crippen LogP contribution in [0.3, 0.4) is 0 Å². The van der Waals surface area contributed by atoms with Gasteiger partial charge in [0.25, 0.3) is 5.56 Å². The number of para-hydroxylation sites is 2. The number of rotatable bonds is 5. The van der Waals surface area contributed by atoms with Crippen LogP contribution in [0.25, 0.3) is 16.6 Å². The summed E-state index contributed by atoms with van der Waals surface area (Å²) in [5.74, 6) is 0.361. The lowest BCUT2D eigenvalue weighted by Gasteiger charge is -2.08. The molecule has 0 radical (unpaired) electrons. The van der Waals surface area contributed by atoms with Crippen LogP contribution in [0, 0.1) is 0 Å². The zero-order valence-corrected chi connectivity index (χ0v) is 14.4. The van der Waals surface area contributed by atoms with Crippen LogP contribution in [-0.2, 0) is 17.8 Å². The molecule has 2 aromatic carbocycles. The zero-order chi connectivity index (χ0) is 18.6. The number of pyridine rings is 1. The minimum absolute atomic E-state index is 0.000355. The Kier molecular flexibility index (Phi) is 4.49. The SMILES string of the molecule is O=C(Cc1cc2ccccc2[nH]c1=O)NCc1nncn1-c1ccccc1. The Morgan fingerprint density at radius 1 is 1.07 bits per heavy atom. The molecule has 0 bridgehead atoms. The summed E-state index contributed by atoms with van der Waals surface area (Å²) in [6.45, 7) is 0.221. The second-order valence-electron chi connectivity index (χ2n) is 6.12. The molecule has 1 amide bonds. The number of carbonyl (C=O) groups is 1. The van der Waals surface area contributed by atoms with Crippen LogP contribution in [0.5, 0.6) is 0 Å². The first-order valence-electron chi connectivity index (χ1n) is 8.53. The third-order valence-corrected chi connectivity index (χ3v) is 4.28. The molecule has 134 valence electrons. The van der Waals surface area contributed by atoms with E-state index in [1.807, 2.05) is 59.2 Å². The normalized spacial score (nSPS) is 10.8. The van der Waals surface area contributed by atoms with Crippen LogP contribution in [-0.4, -0.2) is 25.7 Å². The first-order chi connectivity index (χ1) is 13.2. The molecule has 2 N–H and O–H groups in total. The maximum Gasteiger partial charge on any atom is 0.252 e. The summed E-state index contributed by atoms with van der Waals surface area (Å²) in [7, 11) is 0. The second-order valence-corrected chi connectivity index (χ2v) is 6.12. The van der Waals surface area contributed by atoms with Crippen LogP contribution < -0.4 is 10.9 Å². The molecule has 7 nitrogen and oxygen atoms in total. The van der Waals surface area contributed by atoms with Crippen LogP contribution in [0.4, 0.5) is 0 Å². The molecule has 0 saturated carbocycles. The predicted molar refractivity (Wildman–Crippen MR) is 101 cm³/mol. The minimum atomic E-state index is -0.253. The van der Waals surface area contributed by atoms with Gasteiger partial charge in [0.15, 0.2) is 5.82 Å². The number of H-pyrrole nitrogens is 1. The third-order valence-electron chi connectivity index (χ3n) is 4.28. The van der Waals surface area contributed by atoms with Crippen molar-refractivity contribution in [2.75, 3.05) is 0 Å². The average Bonchev–Trinajstić information content (AvgIpc) is 3.16. The number of hydrogen-bond acceptors (Lipinski definition) is 4. The van der Waals surface area contributed by atoms with Gasteiger partial charge in [0.2, 0.25) is 5.91 Å². The van der Waals surface area contributed by atoms with Crippen molar-refractivity contribution in [2.24, 2.45) is 0 Å². The van der Waals surface area contributed by atoms with Crippen LogP contribution >= 0.6 is 0 Å². The highest BCUT2D eigenvalue weighted by molar-refractivity contribution is 5.82.